The number of rotatable bonds is 5. The molecule has 1 aliphatic heterocycles. The van der Waals surface area contributed by atoms with Crippen molar-refractivity contribution in [2.45, 2.75) is 57.1 Å². The van der Waals surface area contributed by atoms with E-state index in [0.29, 0.717) is 24.2 Å². The van der Waals surface area contributed by atoms with Gasteiger partial charge in [-0.3, -0.25) is 4.68 Å². The number of aliphatic hydroxyl groups excluding tert-OH is 1. The first-order valence-corrected chi connectivity index (χ1v) is 9.28. The van der Waals surface area contributed by atoms with Crippen LogP contribution in [-0.2, 0) is 18.3 Å². The van der Waals surface area contributed by atoms with Crippen LogP contribution in [0.5, 0.6) is 0 Å². The van der Waals surface area contributed by atoms with E-state index in [2.05, 4.69) is 15.6 Å². The van der Waals surface area contributed by atoms with Gasteiger partial charge >= 0.3 is 6.18 Å². The zero-order chi connectivity index (χ0) is 20.5. The number of halogens is 3. The van der Waals surface area contributed by atoms with Gasteiger partial charge in [0.25, 0.3) is 0 Å². The van der Waals surface area contributed by atoms with E-state index in [0.717, 1.165) is 12.1 Å². The van der Waals surface area contributed by atoms with Crippen LogP contribution < -0.4 is 5.32 Å². The summed E-state index contributed by atoms with van der Waals surface area (Å²) in [6.45, 7) is 4.38. The number of benzene rings is 1. The van der Waals surface area contributed by atoms with Crippen molar-refractivity contribution in [2.24, 2.45) is 5.92 Å². The summed E-state index contributed by atoms with van der Waals surface area (Å²) in [5, 5.41) is 32.0. The molecule has 1 aromatic carbocycles. The van der Waals surface area contributed by atoms with Crippen LogP contribution in [0.3, 0.4) is 0 Å². The van der Waals surface area contributed by atoms with Gasteiger partial charge in [0.1, 0.15) is 0 Å². The highest BCUT2D eigenvalue weighted by Crippen LogP contribution is 2.40. The van der Waals surface area contributed by atoms with E-state index in [-0.39, 0.29) is 31.0 Å². The quantitative estimate of drug-likeness (QED) is 0.721. The summed E-state index contributed by atoms with van der Waals surface area (Å²) in [5.41, 5.74) is -0.886. The van der Waals surface area contributed by atoms with Crippen molar-refractivity contribution in [1.82, 2.24) is 20.3 Å². The lowest BCUT2D eigenvalue weighted by atomic mass is 9.78. The molecule has 28 heavy (non-hydrogen) atoms. The molecule has 0 spiro atoms. The third-order valence-corrected chi connectivity index (χ3v) is 5.14. The normalized spacial score (nSPS) is 27.0. The molecule has 2 unspecified atom stereocenters. The molecule has 0 aliphatic carbocycles. The van der Waals surface area contributed by atoms with Gasteiger partial charge in [-0.2, -0.15) is 13.2 Å². The van der Waals surface area contributed by atoms with Crippen molar-refractivity contribution < 1.29 is 23.4 Å². The second-order valence-corrected chi connectivity index (χ2v) is 7.79. The summed E-state index contributed by atoms with van der Waals surface area (Å²) in [4.78, 5) is 0. The van der Waals surface area contributed by atoms with Crippen molar-refractivity contribution in [1.29, 1.82) is 0 Å². The third-order valence-electron chi connectivity index (χ3n) is 5.14. The van der Waals surface area contributed by atoms with Gasteiger partial charge in [-0.15, -0.1) is 5.10 Å². The maximum Gasteiger partial charge on any atom is 0.416 e. The van der Waals surface area contributed by atoms with E-state index in [1.807, 2.05) is 13.8 Å². The number of alkyl halides is 3. The van der Waals surface area contributed by atoms with Crippen LogP contribution in [0.1, 0.15) is 49.6 Å². The van der Waals surface area contributed by atoms with E-state index in [9.17, 15) is 23.4 Å². The average molecular weight is 398 g/mol. The minimum atomic E-state index is -4.41. The van der Waals surface area contributed by atoms with Crippen molar-refractivity contribution >= 4 is 0 Å². The highest BCUT2D eigenvalue weighted by Gasteiger charge is 2.41. The molecule has 6 nitrogen and oxygen atoms in total. The SMILES string of the molecule is CC(CO)Cn1cc([C@@H]2CC(O)(c3ccc(C(F)(F)F)cc3)C[C@H](C)N2)nn1. The first-order valence-electron chi connectivity index (χ1n) is 9.28. The lowest BCUT2D eigenvalue weighted by molar-refractivity contribution is -0.137. The monoisotopic (exact) mass is 398 g/mol. The predicted molar refractivity (Wildman–Crippen MR) is 96.2 cm³/mol. The van der Waals surface area contributed by atoms with Gasteiger partial charge in [0.05, 0.1) is 29.1 Å². The van der Waals surface area contributed by atoms with Gasteiger partial charge in [0, 0.05) is 25.6 Å². The number of hydrogen-bond acceptors (Lipinski definition) is 5. The molecule has 0 saturated carbocycles. The minimum Gasteiger partial charge on any atom is -0.396 e. The minimum absolute atomic E-state index is 0.0388. The van der Waals surface area contributed by atoms with Crippen LogP contribution in [-0.4, -0.2) is 37.9 Å². The molecule has 3 rings (SSSR count). The van der Waals surface area contributed by atoms with Crippen LogP contribution in [0.25, 0.3) is 0 Å². The molecule has 154 valence electrons. The van der Waals surface area contributed by atoms with Crippen LogP contribution in [0.2, 0.25) is 0 Å². The fraction of sp³-hybridized carbons (Fsp3) is 0.579. The van der Waals surface area contributed by atoms with Gasteiger partial charge in [-0.25, -0.2) is 0 Å². The Kier molecular flexibility index (Phi) is 5.79. The lowest BCUT2D eigenvalue weighted by Gasteiger charge is -2.40. The zero-order valence-electron chi connectivity index (χ0n) is 15.8. The molecular formula is C19H25F3N4O2. The molecule has 2 aromatic rings. The maximum absolute atomic E-state index is 12.8. The number of aromatic nitrogens is 3. The summed E-state index contributed by atoms with van der Waals surface area (Å²) in [6.07, 6.45) is -1.98. The molecule has 9 heteroatoms. The lowest BCUT2D eigenvalue weighted by Crippen LogP contribution is -2.47. The smallest absolute Gasteiger partial charge is 0.396 e. The summed E-state index contributed by atoms with van der Waals surface area (Å²) >= 11 is 0. The Morgan fingerprint density at radius 2 is 1.96 bits per heavy atom. The zero-order valence-corrected chi connectivity index (χ0v) is 15.8. The Hall–Kier alpha value is -1.97. The number of nitrogens with one attached hydrogen (secondary N) is 1. The Balaban J connectivity index is 1.80. The Bertz CT molecular complexity index is 793. The summed E-state index contributed by atoms with van der Waals surface area (Å²) in [6, 6.07) is 4.35. The van der Waals surface area contributed by atoms with Gasteiger partial charge in [0.2, 0.25) is 0 Å². The van der Waals surface area contributed by atoms with Crippen LogP contribution in [0.15, 0.2) is 30.5 Å². The van der Waals surface area contributed by atoms with E-state index in [4.69, 9.17) is 0 Å². The van der Waals surface area contributed by atoms with E-state index < -0.39 is 17.3 Å². The molecule has 0 radical (unpaired) electrons. The predicted octanol–water partition coefficient (Wildman–Crippen LogP) is 2.63. The van der Waals surface area contributed by atoms with Crippen molar-refractivity contribution in [2.75, 3.05) is 6.61 Å². The number of nitrogens with zero attached hydrogens (tertiary/aromatic N) is 3. The molecule has 1 aliphatic rings. The number of piperidine rings is 1. The van der Waals surface area contributed by atoms with E-state index >= 15 is 0 Å². The Morgan fingerprint density at radius 3 is 2.57 bits per heavy atom. The average Bonchev–Trinajstić information content (AvgIpc) is 3.09. The second-order valence-electron chi connectivity index (χ2n) is 7.79. The van der Waals surface area contributed by atoms with Crippen molar-refractivity contribution in [3.63, 3.8) is 0 Å². The second kappa shape index (κ2) is 7.81. The van der Waals surface area contributed by atoms with Crippen molar-refractivity contribution in [3.05, 3.63) is 47.3 Å². The topological polar surface area (TPSA) is 83.2 Å². The maximum atomic E-state index is 12.8. The molecule has 1 aromatic heterocycles. The molecule has 1 fully saturated rings. The van der Waals surface area contributed by atoms with Crippen LogP contribution in [0, 0.1) is 5.92 Å². The van der Waals surface area contributed by atoms with Crippen LogP contribution in [0.4, 0.5) is 13.2 Å². The van der Waals surface area contributed by atoms with E-state index in [1.54, 1.807) is 10.9 Å². The third kappa shape index (κ3) is 4.53. The fourth-order valence-electron chi connectivity index (χ4n) is 3.72. The molecule has 3 N–H and O–H groups in total. The number of hydrogen-bond donors (Lipinski definition) is 3. The van der Waals surface area contributed by atoms with Crippen molar-refractivity contribution in [3.8, 4) is 0 Å². The molecule has 4 atom stereocenters. The first-order chi connectivity index (χ1) is 13.1. The Labute approximate surface area is 161 Å². The summed E-state index contributed by atoms with van der Waals surface area (Å²) < 4.78 is 40.1. The standard InChI is InChI=1S/C19H25F3N4O2/c1-12(11-27)9-26-10-17(24-25-26)16-8-18(28,7-13(2)23-16)14-3-5-15(6-4-14)19(20,21)22/h3-6,10,12-13,16,23,27-28H,7-9,11H2,1-2H3/t12?,13-,16-,18?/m0/s1. The molecular weight excluding hydrogens is 373 g/mol. The Morgan fingerprint density at radius 1 is 1.29 bits per heavy atom. The number of aliphatic hydroxyl groups is 2. The molecule has 1 saturated heterocycles. The molecule has 0 amide bonds. The van der Waals surface area contributed by atoms with Gasteiger partial charge in [-0.1, -0.05) is 24.3 Å². The fourth-order valence-corrected chi connectivity index (χ4v) is 3.72. The van der Waals surface area contributed by atoms with Gasteiger partial charge in [0.15, 0.2) is 0 Å². The molecule has 0 bridgehead atoms. The summed E-state index contributed by atoms with van der Waals surface area (Å²) in [7, 11) is 0. The highest BCUT2D eigenvalue weighted by molar-refractivity contribution is 5.30. The van der Waals surface area contributed by atoms with Gasteiger partial charge in [-0.05, 0) is 37.0 Å². The van der Waals surface area contributed by atoms with Crippen LogP contribution >= 0.6 is 0 Å². The summed E-state index contributed by atoms with van der Waals surface area (Å²) in [5.74, 6) is 0.0388. The van der Waals surface area contributed by atoms with Gasteiger partial charge < -0.3 is 15.5 Å². The largest absolute Gasteiger partial charge is 0.416 e. The van der Waals surface area contributed by atoms with E-state index in [1.165, 1.54) is 12.1 Å². The highest BCUT2D eigenvalue weighted by atomic mass is 19.4. The first kappa shape index (κ1) is 20.8. The molecule has 2 heterocycles.